The molecule has 3 nitrogen and oxygen atoms in total. The third-order valence-corrected chi connectivity index (χ3v) is 4.89. The highest BCUT2D eigenvalue weighted by Gasteiger charge is 2.22. The van der Waals surface area contributed by atoms with Crippen molar-refractivity contribution in [1.29, 1.82) is 0 Å². The molecular weight excluding hydrogens is 362 g/mol. The Balaban J connectivity index is 2.04. The van der Waals surface area contributed by atoms with Gasteiger partial charge in [0.05, 0.1) is 19.3 Å². The molecule has 0 bridgehead atoms. The fraction of sp³-hybridized carbons (Fsp3) is 0.478. The first kappa shape index (κ1) is 22.3. The van der Waals surface area contributed by atoms with Crippen LogP contribution in [-0.2, 0) is 6.42 Å². The van der Waals surface area contributed by atoms with E-state index in [9.17, 15) is 19.0 Å². The number of halogens is 2. The predicted molar refractivity (Wildman–Crippen MR) is 107 cm³/mol. The van der Waals surface area contributed by atoms with Gasteiger partial charge in [0.1, 0.15) is 0 Å². The van der Waals surface area contributed by atoms with Crippen molar-refractivity contribution in [2.45, 2.75) is 58.0 Å². The van der Waals surface area contributed by atoms with E-state index in [1.54, 1.807) is 0 Å². The molecule has 2 N–H and O–H groups in total. The molecule has 0 spiro atoms. The molecule has 0 heterocycles. The molecular formula is C23H30F2O3. The van der Waals surface area contributed by atoms with Crippen LogP contribution >= 0.6 is 0 Å². The topological polar surface area (TPSA) is 49.7 Å². The van der Waals surface area contributed by atoms with Gasteiger partial charge in [-0.2, -0.15) is 4.39 Å². The summed E-state index contributed by atoms with van der Waals surface area (Å²) in [6, 6.07) is 10.6. The minimum atomic E-state index is -1.03. The molecule has 5 heteroatoms. The molecule has 154 valence electrons. The van der Waals surface area contributed by atoms with E-state index in [1.165, 1.54) is 17.7 Å². The summed E-state index contributed by atoms with van der Waals surface area (Å²) in [6.45, 7) is 3.98. The lowest BCUT2D eigenvalue weighted by Crippen LogP contribution is -2.11. The summed E-state index contributed by atoms with van der Waals surface area (Å²) >= 11 is 0. The molecule has 2 atom stereocenters. The molecule has 0 amide bonds. The van der Waals surface area contributed by atoms with E-state index < -0.39 is 23.7 Å². The summed E-state index contributed by atoms with van der Waals surface area (Å²) in [5.74, 6) is -2.74. The summed E-state index contributed by atoms with van der Waals surface area (Å²) in [5, 5.41) is 20.1. The zero-order chi connectivity index (χ0) is 20.5. The van der Waals surface area contributed by atoms with Crippen molar-refractivity contribution < 1.29 is 23.7 Å². The summed E-state index contributed by atoms with van der Waals surface area (Å²) in [4.78, 5) is 0. The first-order valence-corrected chi connectivity index (χ1v) is 10.00. The maximum Gasteiger partial charge on any atom is 0.200 e. The number of aryl methyl sites for hydroxylation is 1. The second-order valence-electron chi connectivity index (χ2n) is 7.09. The van der Waals surface area contributed by atoms with Gasteiger partial charge < -0.3 is 14.9 Å². The van der Waals surface area contributed by atoms with Crippen LogP contribution in [0.3, 0.4) is 0 Å². The van der Waals surface area contributed by atoms with Crippen LogP contribution in [0.1, 0.15) is 68.2 Å². The first-order valence-electron chi connectivity index (χ1n) is 10.00. The lowest BCUT2D eigenvalue weighted by Gasteiger charge is -2.19. The second kappa shape index (κ2) is 11.1. The van der Waals surface area contributed by atoms with Crippen molar-refractivity contribution in [1.82, 2.24) is 0 Å². The number of ether oxygens (including phenoxy) is 1. The largest absolute Gasteiger partial charge is 0.490 e. The Morgan fingerprint density at radius 2 is 1.64 bits per heavy atom. The molecule has 2 unspecified atom stereocenters. The van der Waals surface area contributed by atoms with E-state index in [-0.39, 0.29) is 17.9 Å². The Bertz CT molecular complexity index is 731. The van der Waals surface area contributed by atoms with E-state index in [2.05, 4.69) is 6.92 Å². The van der Waals surface area contributed by atoms with Crippen LogP contribution in [0.25, 0.3) is 0 Å². The number of aliphatic hydroxyl groups excluding tert-OH is 2. The van der Waals surface area contributed by atoms with Gasteiger partial charge in [0.15, 0.2) is 11.6 Å². The van der Waals surface area contributed by atoms with Crippen molar-refractivity contribution in [2.24, 2.45) is 0 Å². The summed E-state index contributed by atoms with van der Waals surface area (Å²) in [7, 11) is 0. The molecule has 2 aromatic carbocycles. The Kier molecular flexibility index (Phi) is 8.87. The van der Waals surface area contributed by atoms with E-state index in [0.717, 1.165) is 18.4 Å². The van der Waals surface area contributed by atoms with Crippen molar-refractivity contribution in [2.75, 3.05) is 13.2 Å². The number of aliphatic hydroxyl groups is 2. The predicted octanol–water partition coefficient (Wildman–Crippen LogP) is 5.30. The third-order valence-electron chi connectivity index (χ3n) is 4.89. The molecule has 0 fully saturated rings. The number of rotatable bonds is 11. The highest BCUT2D eigenvalue weighted by atomic mass is 19.2. The highest BCUT2D eigenvalue weighted by Crippen LogP contribution is 2.32. The van der Waals surface area contributed by atoms with Gasteiger partial charge in [-0.15, -0.1) is 0 Å². The van der Waals surface area contributed by atoms with E-state index >= 15 is 0 Å². The summed E-state index contributed by atoms with van der Waals surface area (Å²) < 4.78 is 33.9. The van der Waals surface area contributed by atoms with E-state index in [4.69, 9.17) is 4.74 Å². The molecule has 0 aliphatic rings. The number of hydrogen-bond donors (Lipinski definition) is 2. The quantitative estimate of drug-likeness (QED) is 0.546. The lowest BCUT2D eigenvalue weighted by molar-refractivity contribution is 0.153. The molecule has 2 rings (SSSR count). The van der Waals surface area contributed by atoms with Gasteiger partial charge >= 0.3 is 0 Å². The number of benzene rings is 2. The zero-order valence-electron chi connectivity index (χ0n) is 16.6. The van der Waals surface area contributed by atoms with Gasteiger partial charge in [0, 0.05) is 5.92 Å². The zero-order valence-corrected chi connectivity index (χ0v) is 16.6. The standard InChI is InChI=1S/C23H30F2O3/c1-3-5-16-6-8-17(9-7-16)20(27)12-10-18(15-26)19-11-13-21(28-14-4-2)23(25)22(19)24/h6-9,11,13,18,20,26-27H,3-5,10,12,14-15H2,1-2H3. The van der Waals surface area contributed by atoms with Crippen LogP contribution in [0.4, 0.5) is 8.78 Å². The van der Waals surface area contributed by atoms with Crippen molar-refractivity contribution in [3.63, 3.8) is 0 Å². The molecule has 0 saturated heterocycles. The Labute approximate surface area is 166 Å². The smallest absolute Gasteiger partial charge is 0.200 e. The maximum absolute atomic E-state index is 14.5. The molecule has 0 aliphatic heterocycles. The van der Waals surface area contributed by atoms with Crippen molar-refractivity contribution in [3.8, 4) is 5.75 Å². The molecule has 2 aromatic rings. The molecule has 0 radical (unpaired) electrons. The van der Waals surface area contributed by atoms with Gasteiger partial charge in [-0.05, 0) is 48.4 Å². The Morgan fingerprint density at radius 3 is 2.25 bits per heavy atom. The van der Waals surface area contributed by atoms with Crippen LogP contribution in [-0.4, -0.2) is 23.4 Å². The van der Waals surface area contributed by atoms with Gasteiger partial charge in [-0.3, -0.25) is 0 Å². The van der Waals surface area contributed by atoms with Crippen LogP contribution in [0, 0.1) is 11.6 Å². The second-order valence-corrected chi connectivity index (χ2v) is 7.09. The van der Waals surface area contributed by atoms with Gasteiger partial charge in [-0.25, -0.2) is 4.39 Å². The molecule has 28 heavy (non-hydrogen) atoms. The highest BCUT2D eigenvalue weighted by molar-refractivity contribution is 5.33. The average Bonchev–Trinajstić information content (AvgIpc) is 2.71. The lowest BCUT2D eigenvalue weighted by atomic mass is 9.91. The van der Waals surface area contributed by atoms with Gasteiger partial charge in [-0.1, -0.05) is 50.6 Å². The normalized spacial score (nSPS) is 13.4. The van der Waals surface area contributed by atoms with Crippen LogP contribution in [0.2, 0.25) is 0 Å². The summed E-state index contributed by atoms with van der Waals surface area (Å²) in [5.41, 5.74) is 2.11. The molecule has 0 aliphatic carbocycles. The SMILES string of the molecule is CCCOc1ccc(C(CO)CCC(O)c2ccc(CCC)cc2)c(F)c1F. The van der Waals surface area contributed by atoms with Crippen LogP contribution < -0.4 is 4.74 Å². The fourth-order valence-corrected chi connectivity index (χ4v) is 3.25. The van der Waals surface area contributed by atoms with Crippen molar-refractivity contribution >= 4 is 0 Å². The minimum absolute atomic E-state index is 0.106. The van der Waals surface area contributed by atoms with Gasteiger partial charge in [0.25, 0.3) is 0 Å². The summed E-state index contributed by atoms with van der Waals surface area (Å²) in [6.07, 6.45) is 2.70. The van der Waals surface area contributed by atoms with Crippen LogP contribution in [0.15, 0.2) is 36.4 Å². The fourth-order valence-electron chi connectivity index (χ4n) is 3.25. The molecule has 0 saturated carbocycles. The molecule has 0 aromatic heterocycles. The maximum atomic E-state index is 14.5. The first-order chi connectivity index (χ1) is 13.5. The average molecular weight is 392 g/mol. The Hall–Kier alpha value is -1.98. The Morgan fingerprint density at radius 1 is 0.929 bits per heavy atom. The van der Waals surface area contributed by atoms with E-state index in [0.29, 0.717) is 25.9 Å². The van der Waals surface area contributed by atoms with Crippen molar-refractivity contribution in [3.05, 3.63) is 64.7 Å². The van der Waals surface area contributed by atoms with E-state index in [1.807, 2.05) is 31.2 Å². The monoisotopic (exact) mass is 392 g/mol. The third kappa shape index (κ3) is 5.76. The van der Waals surface area contributed by atoms with Gasteiger partial charge in [0.2, 0.25) is 5.82 Å². The van der Waals surface area contributed by atoms with Crippen LogP contribution in [0.5, 0.6) is 5.75 Å². The minimum Gasteiger partial charge on any atom is -0.490 e. The number of hydrogen-bond acceptors (Lipinski definition) is 3.